The molecule has 1 saturated carbocycles. The third kappa shape index (κ3) is 3.16. The number of benzene rings is 1. The van der Waals surface area contributed by atoms with Crippen molar-refractivity contribution < 1.29 is 14.6 Å². The van der Waals surface area contributed by atoms with Crippen molar-refractivity contribution in [1.29, 1.82) is 0 Å². The Kier molecular flexibility index (Phi) is 4.57. The Morgan fingerprint density at radius 2 is 1.89 bits per heavy atom. The summed E-state index contributed by atoms with van der Waals surface area (Å²) in [6, 6.07) is 5.75. The molecule has 1 aliphatic carbocycles. The highest BCUT2D eigenvalue weighted by atomic mass is 16.5. The Morgan fingerprint density at radius 1 is 1.15 bits per heavy atom. The lowest BCUT2D eigenvalue weighted by Gasteiger charge is -2.13. The molecule has 1 fully saturated rings. The third-order valence-electron chi connectivity index (χ3n) is 5.13. The average Bonchev–Trinajstić information content (AvgIpc) is 3.24. The van der Waals surface area contributed by atoms with Crippen LogP contribution < -0.4 is 14.8 Å². The Balaban J connectivity index is 1.74. The van der Waals surface area contributed by atoms with Crippen LogP contribution in [0, 0.1) is 5.92 Å². The zero-order valence-corrected chi connectivity index (χ0v) is 15.6. The number of ether oxygens (including phenoxy) is 2. The first-order valence-electron chi connectivity index (χ1n) is 8.97. The van der Waals surface area contributed by atoms with Gasteiger partial charge in [0.2, 0.25) is 0 Å². The Morgan fingerprint density at radius 3 is 2.52 bits per heavy atom. The molecule has 8 heteroatoms. The van der Waals surface area contributed by atoms with Crippen LogP contribution in [-0.2, 0) is 0 Å². The van der Waals surface area contributed by atoms with E-state index in [9.17, 15) is 5.11 Å². The number of H-pyrrole nitrogens is 1. The Labute approximate surface area is 157 Å². The molecule has 4 rings (SSSR count). The first-order valence-corrected chi connectivity index (χ1v) is 8.97. The van der Waals surface area contributed by atoms with E-state index in [1.54, 1.807) is 14.2 Å². The van der Waals surface area contributed by atoms with Gasteiger partial charge in [-0.2, -0.15) is 0 Å². The maximum Gasteiger partial charge on any atom is 0.183 e. The van der Waals surface area contributed by atoms with Crippen LogP contribution in [0.2, 0.25) is 0 Å². The van der Waals surface area contributed by atoms with Gasteiger partial charge in [-0.25, -0.2) is 15.0 Å². The highest BCUT2D eigenvalue weighted by Crippen LogP contribution is 2.38. The fourth-order valence-electron chi connectivity index (χ4n) is 3.68. The number of rotatable bonds is 5. The van der Waals surface area contributed by atoms with E-state index in [4.69, 9.17) is 9.47 Å². The molecule has 2 aromatic heterocycles. The first kappa shape index (κ1) is 17.5. The van der Waals surface area contributed by atoms with Crippen LogP contribution in [0.1, 0.15) is 19.8 Å². The first-order chi connectivity index (χ1) is 13.1. The van der Waals surface area contributed by atoms with Crippen molar-refractivity contribution in [2.75, 3.05) is 19.5 Å². The molecule has 3 atom stereocenters. The van der Waals surface area contributed by atoms with Crippen molar-refractivity contribution in [2.24, 2.45) is 5.92 Å². The molecule has 0 aliphatic heterocycles. The second-order valence-electron chi connectivity index (χ2n) is 6.90. The molecule has 8 nitrogen and oxygen atoms in total. The van der Waals surface area contributed by atoms with Crippen molar-refractivity contribution in [2.45, 2.75) is 31.9 Å². The maximum absolute atomic E-state index is 10.0. The van der Waals surface area contributed by atoms with Gasteiger partial charge >= 0.3 is 0 Å². The molecule has 1 aliphatic rings. The monoisotopic (exact) mass is 369 g/mol. The second kappa shape index (κ2) is 7.03. The van der Waals surface area contributed by atoms with Crippen LogP contribution in [0.5, 0.6) is 11.5 Å². The molecule has 0 saturated heterocycles. The van der Waals surface area contributed by atoms with Gasteiger partial charge in [0.05, 0.1) is 20.3 Å². The minimum absolute atomic E-state index is 0.167. The van der Waals surface area contributed by atoms with Gasteiger partial charge in [-0.3, -0.25) is 0 Å². The normalized spacial score (nSPS) is 22.1. The van der Waals surface area contributed by atoms with Crippen LogP contribution in [0.15, 0.2) is 24.5 Å². The van der Waals surface area contributed by atoms with E-state index in [1.807, 2.05) is 18.2 Å². The number of anilines is 1. The molecule has 3 N–H and O–H groups in total. The number of imidazole rings is 1. The minimum Gasteiger partial charge on any atom is -0.496 e. The van der Waals surface area contributed by atoms with Crippen LogP contribution in [0.25, 0.3) is 22.6 Å². The standard InChI is InChI=1S/C19H23N5O3/c1-10-7-11(8-12(10)25)22-18-16-19(21-9-20-18)24-17(23-16)15-13(26-2)5-4-6-14(15)27-3/h4-6,9-12,25H,7-8H2,1-3H3,(H2,20,21,22,23,24)/t10-,11+,12-/m0/s1. The van der Waals surface area contributed by atoms with Gasteiger partial charge in [0.15, 0.2) is 11.5 Å². The van der Waals surface area contributed by atoms with Crippen LogP contribution in [0.4, 0.5) is 5.82 Å². The van der Waals surface area contributed by atoms with Gasteiger partial charge in [-0.15, -0.1) is 0 Å². The number of fused-ring (bicyclic) bond motifs is 1. The molecule has 0 unspecified atom stereocenters. The number of aromatic amines is 1. The lowest BCUT2D eigenvalue weighted by molar-refractivity contribution is 0.141. The lowest BCUT2D eigenvalue weighted by atomic mass is 10.1. The predicted octanol–water partition coefficient (Wildman–Crippen LogP) is 2.61. The van der Waals surface area contributed by atoms with E-state index < -0.39 is 0 Å². The van der Waals surface area contributed by atoms with E-state index in [2.05, 4.69) is 32.2 Å². The third-order valence-corrected chi connectivity index (χ3v) is 5.13. The zero-order chi connectivity index (χ0) is 19.0. The van der Waals surface area contributed by atoms with Crippen LogP contribution in [0.3, 0.4) is 0 Å². The van der Waals surface area contributed by atoms with Crippen molar-refractivity contribution in [3.05, 3.63) is 24.5 Å². The van der Waals surface area contributed by atoms with Crippen molar-refractivity contribution in [3.8, 4) is 22.9 Å². The Hall–Kier alpha value is -2.87. The molecular formula is C19H23N5O3. The largest absolute Gasteiger partial charge is 0.496 e. The number of aliphatic hydroxyl groups is 1. The highest BCUT2D eigenvalue weighted by Gasteiger charge is 2.30. The summed E-state index contributed by atoms with van der Waals surface area (Å²) in [7, 11) is 3.22. The smallest absolute Gasteiger partial charge is 0.183 e. The molecule has 0 spiro atoms. The van der Waals surface area contributed by atoms with Gasteiger partial charge in [0, 0.05) is 6.04 Å². The zero-order valence-electron chi connectivity index (χ0n) is 15.6. The van der Waals surface area contributed by atoms with Gasteiger partial charge in [-0.05, 0) is 30.9 Å². The van der Waals surface area contributed by atoms with Gasteiger partial charge < -0.3 is 24.9 Å². The number of hydrogen-bond acceptors (Lipinski definition) is 7. The summed E-state index contributed by atoms with van der Waals surface area (Å²) in [6.45, 7) is 2.06. The van der Waals surface area contributed by atoms with Gasteiger partial charge in [0.25, 0.3) is 0 Å². The summed E-state index contributed by atoms with van der Waals surface area (Å²) in [5.41, 5.74) is 2.01. The number of aliphatic hydroxyl groups excluding tert-OH is 1. The predicted molar refractivity (Wildman–Crippen MR) is 102 cm³/mol. The molecule has 1 aromatic carbocycles. The Bertz CT molecular complexity index is 925. The summed E-state index contributed by atoms with van der Waals surface area (Å²) in [6.07, 6.45) is 2.81. The summed E-state index contributed by atoms with van der Waals surface area (Å²) in [4.78, 5) is 16.6. The summed E-state index contributed by atoms with van der Waals surface area (Å²) in [5, 5.41) is 13.4. The molecular weight excluding hydrogens is 346 g/mol. The molecule has 0 amide bonds. The maximum atomic E-state index is 10.0. The van der Waals surface area contributed by atoms with Gasteiger partial charge in [0.1, 0.15) is 34.7 Å². The topological polar surface area (TPSA) is 105 Å². The van der Waals surface area contributed by atoms with E-state index in [1.165, 1.54) is 6.33 Å². The number of aromatic nitrogens is 4. The molecule has 27 heavy (non-hydrogen) atoms. The summed E-state index contributed by atoms with van der Waals surface area (Å²) < 4.78 is 11.0. The fraction of sp³-hybridized carbons (Fsp3) is 0.421. The second-order valence-corrected chi connectivity index (χ2v) is 6.90. The van der Waals surface area contributed by atoms with Crippen LogP contribution >= 0.6 is 0 Å². The fourth-order valence-corrected chi connectivity index (χ4v) is 3.68. The van der Waals surface area contributed by atoms with Crippen LogP contribution in [-0.4, -0.2) is 51.4 Å². The van der Waals surface area contributed by atoms with Gasteiger partial charge in [-0.1, -0.05) is 13.0 Å². The highest BCUT2D eigenvalue weighted by molar-refractivity contribution is 5.87. The lowest BCUT2D eigenvalue weighted by Crippen LogP contribution is -2.17. The molecule has 0 bridgehead atoms. The quantitative estimate of drug-likeness (QED) is 0.635. The molecule has 142 valence electrons. The molecule has 2 heterocycles. The summed E-state index contributed by atoms with van der Waals surface area (Å²) >= 11 is 0. The van der Waals surface area contributed by atoms with Crippen molar-refractivity contribution in [1.82, 2.24) is 19.9 Å². The number of methoxy groups -OCH3 is 2. The van der Waals surface area contributed by atoms with E-state index >= 15 is 0 Å². The molecule has 3 aromatic rings. The number of hydrogen-bond donors (Lipinski definition) is 3. The minimum atomic E-state index is -0.282. The van der Waals surface area contributed by atoms with Crippen molar-refractivity contribution >= 4 is 17.0 Å². The number of nitrogens with one attached hydrogen (secondary N) is 2. The van der Waals surface area contributed by atoms with E-state index in [0.717, 1.165) is 17.5 Å². The van der Waals surface area contributed by atoms with Crippen molar-refractivity contribution in [3.63, 3.8) is 0 Å². The van der Waals surface area contributed by atoms with E-state index in [0.29, 0.717) is 35.2 Å². The average molecular weight is 369 g/mol. The number of nitrogens with zero attached hydrogens (tertiary/aromatic N) is 3. The van der Waals surface area contributed by atoms with E-state index in [-0.39, 0.29) is 18.1 Å². The molecule has 0 radical (unpaired) electrons. The summed E-state index contributed by atoms with van der Waals surface area (Å²) in [5.74, 6) is 2.86. The SMILES string of the molecule is COc1cccc(OC)c1-c1nc2ncnc(N[C@@H]3C[C@H](C)[C@@H](O)C3)c2[nH]1.